The summed E-state index contributed by atoms with van der Waals surface area (Å²) in [5.41, 5.74) is -3.18. The van der Waals surface area contributed by atoms with Gasteiger partial charge in [0.2, 0.25) is 11.0 Å². The monoisotopic (exact) mass is 801 g/mol. The number of halogens is 3. The molecular formula is C36H30F3N3O11S2. The predicted octanol–water partition coefficient (Wildman–Crippen LogP) is 4.45. The number of anilines is 1. The number of hydrogen-bond donors (Lipinski definition) is 0. The number of fused-ring (bicyclic) bond motifs is 2. The van der Waals surface area contributed by atoms with Crippen LogP contribution in [-0.2, 0) is 52.8 Å². The number of alkyl halides is 3. The molecular weight excluding hydrogens is 772 g/mol. The van der Waals surface area contributed by atoms with Gasteiger partial charge in [0.05, 0.1) is 40.4 Å². The Morgan fingerprint density at radius 2 is 1.31 bits per heavy atom. The van der Waals surface area contributed by atoms with Gasteiger partial charge in [-0.05, 0) is 60.5 Å². The van der Waals surface area contributed by atoms with Gasteiger partial charge in [0.1, 0.15) is 12.8 Å². The molecule has 0 aliphatic carbocycles. The van der Waals surface area contributed by atoms with Gasteiger partial charge in [-0.1, -0.05) is 36.4 Å². The number of sulfonamides is 1. The quantitative estimate of drug-likeness (QED) is 0.0674. The molecule has 1 saturated heterocycles. The smallest absolute Gasteiger partial charge is 0.485 e. The Hall–Kier alpha value is -5.92. The molecule has 0 unspecified atom stereocenters. The molecule has 1 aliphatic rings. The van der Waals surface area contributed by atoms with Crippen molar-refractivity contribution in [3.63, 3.8) is 0 Å². The van der Waals surface area contributed by atoms with Crippen LogP contribution in [0.5, 0.6) is 5.75 Å². The highest BCUT2D eigenvalue weighted by molar-refractivity contribution is 7.93. The summed E-state index contributed by atoms with van der Waals surface area (Å²) < 4.78 is 95.7. The molecule has 1 aliphatic heterocycles. The number of pyridine rings is 1. The second kappa shape index (κ2) is 15.8. The lowest BCUT2D eigenvalue weighted by Gasteiger charge is -2.24. The highest BCUT2D eigenvalue weighted by Crippen LogP contribution is 2.33. The minimum atomic E-state index is -6.09. The normalized spacial score (nSPS) is 13.4. The van der Waals surface area contributed by atoms with Crippen LogP contribution in [0.3, 0.4) is 0 Å². The van der Waals surface area contributed by atoms with Gasteiger partial charge in [-0.3, -0.25) is 14.4 Å². The van der Waals surface area contributed by atoms with E-state index >= 15 is 0 Å². The lowest BCUT2D eigenvalue weighted by Crippen LogP contribution is -2.38. The summed E-state index contributed by atoms with van der Waals surface area (Å²) in [6, 6.07) is 26.7. The van der Waals surface area contributed by atoms with Crippen LogP contribution in [0.2, 0.25) is 0 Å². The van der Waals surface area contributed by atoms with Crippen molar-refractivity contribution in [3.8, 4) is 5.75 Å². The number of benzene rings is 4. The van der Waals surface area contributed by atoms with Crippen LogP contribution in [-0.4, -0.2) is 62.8 Å². The van der Waals surface area contributed by atoms with Gasteiger partial charge in [-0.25, -0.2) is 21.6 Å². The van der Waals surface area contributed by atoms with Crippen molar-refractivity contribution < 1.29 is 67.9 Å². The summed E-state index contributed by atoms with van der Waals surface area (Å²) in [6.07, 6.45) is 0.00155. The van der Waals surface area contributed by atoms with Crippen LogP contribution in [0.25, 0.3) is 21.8 Å². The Balaban J connectivity index is 0.000000654. The first kappa shape index (κ1) is 40.3. The number of imide groups is 1. The zero-order valence-corrected chi connectivity index (χ0v) is 30.5. The predicted molar refractivity (Wildman–Crippen MR) is 187 cm³/mol. The minimum Gasteiger partial charge on any atom is -0.741 e. The molecule has 5 aromatic rings. The summed E-state index contributed by atoms with van der Waals surface area (Å²) >= 11 is 0. The second-order valence-corrected chi connectivity index (χ2v) is 15.0. The van der Waals surface area contributed by atoms with Gasteiger partial charge < -0.3 is 14.1 Å². The molecule has 4 aromatic carbocycles. The fourth-order valence-corrected chi connectivity index (χ4v) is 7.03. The van der Waals surface area contributed by atoms with Gasteiger partial charge >= 0.3 is 11.5 Å². The van der Waals surface area contributed by atoms with E-state index in [0.29, 0.717) is 27.1 Å². The summed E-state index contributed by atoms with van der Waals surface area (Å²) in [5.74, 6) is -2.15. The van der Waals surface area contributed by atoms with Crippen molar-refractivity contribution in [2.24, 2.45) is 7.05 Å². The summed E-state index contributed by atoms with van der Waals surface area (Å²) in [4.78, 5) is 55.2. The lowest BCUT2D eigenvalue weighted by atomic mass is 10.0. The van der Waals surface area contributed by atoms with Crippen molar-refractivity contribution in [1.29, 1.82) is 0 Å². The first-order chi connectivity index (χ1) is 25.8. The molecule has 6 rings (SSSR count). The van der Waals surface area contributed by atoms with E-state index in [4.69, 9.17) is 22.5 Å². The van der Waals surface area contributed by atoms with Crippen molar-refractivity contribution in [2.75, 3.05) is 11.4 Å². The van der Waals surface area contributed by atoms with Crippen LogP contribution in [0.4, 0.5) is 18.9 Å². The van der Waals surface area contributed by atoms with Gasteiger partial charge in [0.15, 0.2) is 10.1 Å². The number of carbonyl (C=O) groups is 4. The number of rotatable bonds is 9. The number of para-hydroxylation sites is 2. The van der Waals surface area contributed by atoms with Crippen molar-refractivity contribution in [1.82, 2.24) is 5.06 Å². The molecule has 0 spiro atoms. The zero-order valence-electron chi connectivity index (χ0n) is 28.8. The van der Waals surface area contributed by atoms with E-state index in [-0.39, 0.29) is 41.8 Å². The fraction of sp³-hybridized carbons (Fsp3) is 0.194. The Bertz CT molecular complexity index is 2460. The van der Waals surface area contributed by atoms with Crippen LogP contribution in [0, 0.1) is 0 Å². The van der Waals surface area contributed by atoms with E-state index in [9.17, 15) is 40.8 Å². The fourth-order valence-electron chi connectivity index (χ4n) is 5.63. The van der Waals surface area contributed by atoms with E-state index in [0.717, 1.165) is 15.3 Å². The number of carbonyl (C=O) groups excluding carboxylic acids is 4. The van der Waals surface area contributed by atoms with Gasteiger partial charge in [0.25, 0.3) is 27.7 Å². The molecule has 3 amide bonds. The third-order valence-electron chi connectivity index (χ3n) is 8.34. The largest absolute Gasteiger partial charge is 0.741 e. The maximum Gasteiger partial charge on any atom is 0.485 e. The minimum absolute atomic E-state index is 0.00653. The number of hydroxylamine groups is 2. The molecule has 0 radical (unpaired) electrons. The molecule has 0 bridgehead atoms. The van der Waals surface area contributed by atoms with Gasteiger partial charge in [-0.2, -0.15) is 22.0 Å². The second-order valence-electron chi connectivity index (χ2n) is 11.8. The Morgan fingerprint density at radius 1 is 0.818 bits per heavy atom. The summed E-state index contributed by atoms with van der Waals surface area (Å²) in [7, 11) is -7.19. The van der Waals surface area contributed by atoms with Gasteiger partial charge in [-0.15, -0.1) is 5.06 Å². The average molecular weight is 802 g/mol. The number of aryl methyl sites for hydroxylation is 2. The lowest BCUT2D eigenvalue weighted by molar-refractivity contribution is -0.617. The molecule has 0 N–H and O–H groups in total. The summed E-state index contributed by atoms with van der Waals surface area (Å²) in [6.45, 7) is 0. The van der Waals surface area contributed by atoms with E-state index in [2.05, 4.69) is 0 Å². The number of amides is 3. The molecule has 1 fully saturated rings. The number of nitrogens with zero attached hydrogens (tertiary/aromatic N) is 3. The van der Waals surface area contributed by atoms with Crippen molar-refractivity contribution >= 4 is 71.3 Å². The number of aromatic nitrogens is 1. The first-order valence-electron chi connectivity index (χ1n) is 16.1. The highest BCUT2D eigenvalue weighted by atomic mass is 32.2. The maximum absolute atomic E-state index is 14.7. The molecule has 0 saturated carbocycles. The first-order valence-corrected chi connectivity index (χ1v) is 18.9. The molecule has 2 heterocycles. The third kappa shape index (κ3) is 8.58. The molecule has 19 heteroatoms. The topological polar surface area (TPSA) is 188 Å². The van der Waals surface area contributed by atoms with Gasteiger partial charge in [0, 0.05) is 25.0 Å². The van der Waals surface area contributed by atoms with E-state index < -0.39 is 49.3 Å². The van der Waals surface area contributed by atoms with E-state index in [1.165, 1.54) is 43.5 Å². The van der Waals surface area contributed by atoms with Crippen LogP contribution < -0.4 is 13.6 Å². The van der Waals surface area contributed by atoms with E-state index in [1.807, 2.05) is 35.9 Å². The molecule has 14 nitrogen and oxygen atoms in total. The van der Waals surface area contributed by atoms with Crippen LogP contribution >= 0.6 is 0 Å². The Kier molecular flexibility index (Phi) is 11.6. The number of methoxy groups -OCH3 is 1. The average Bonchev–Trinajstić information content (AvgIpc) is 3.46. The van der Waals surface area contributed by atoms with E-state index in [1.54, 1.807) is 36.4 Å². The molecule has 55 heavy (non-hydrogen) atoms. The molecule has 1 aromatic heterocycles. The number of ether oxygens (including phenoxy) is 1. The zero-order chi connectivity index (χ0) is 40.3. The third-order valence-corrected chi connectivity index (χ3v) is 10.6. The SMILES string of the molecule is COc1ccc(N(C(=O)c2c3ccccc3[n+](C)c3ccccc23)S(=O)(=O)c2ccc(CCC(=O)ON3C(=O)CCC3=O)cc2)cc1.O=S(=O)([O-])C(F)(F)F. The molecule has 288 valence electrons. The van der Waals surface area contributed by atoms with Crippen molar-refractivity contribution in [2.45, 2.75) is 36.1 Å². The van der Waals surface area contributed by atoms with Crippen LogP contribution in [0.15, 0.2) is 102 Å². The summed E-state index contributed by atoms with van der Waals surface area (Å²) in [5, 5.41) is 1.67. The van der Waals surface area contributed by atoms with Crippen LogP contribution in [0.1, 0.15) is 35.2 Å². The highest BCUT2D eigenvalue weighted by Gasteiger charge is 2.37. The molecule has 0 atom stereocenters. The standard InChI is InChI=1S/C35H30N3O8S.CHF3O3S/c1-36-29-9-5-3-7-27(29)34(28-8-4-6-10-30(28)36)35(42)38(24-14-16-25(45-2)17-15-24)47(43,44)26-18-11-23(12-19-26)13-22-33(41)46-37-31(39)20-21-32(37)40;2-1(3,4)8(5,6)7/h3-12,14-19H,13,20-22H2,1-2H3;(H,5,6,7)/q+1;/p-1. The maximum atomic E-state index is 14.7. The number of hydrogen-bond acceptors (Lipinski definition) is 11. The Morgan fingerprint density at radius 3 is 1.78 bits per heavy atom. The van der Waals surface area contributed by atoms with Crippen molar-refractivity contribution in [3.05, 3.63) is 108 Å². The Labute approximate surface area is 312 Å².